The summed E-state index contributed by atoms with van der Waals surface area (Å²) < 4.78 is 22.2. The summed E-state index contributed by atoms with van der Waals surface area (Å²) in [5, 5.41) is 3.55. The first-order chi connectivity index (χ1) is 15.4. The number of carbonyl (C=O) groups is 2. The minimum atomic E-state index is -0.371. The fraction of sp³-hybridized carbons (Fsp3) is 0.385. The number of ether oxygens (including phenoxy) is 4. The third-order valence-electron chi connectivity index (χ3n) is 5.40. The van der Waals surface area contributed by atoms with Crippen LogP contribution >= 0.6 is 0 Å². The monoisotopic (exact) mass is 438 g/mol. The average Bonchev–Trinajstić information content (AvgIpc) is 2.80. The Morgan fingerprint density at radius 3 is 1.69 bits per heavy atom. The number of fused-ring (bicyclic) bond motifs is 2. The number of aryl methyl sites for hydroxylation is 1. The zero-order valence-electron chi connectivity index (χ0n) is 19.3. The second kappa shape index (κ2) is 10.4. The average molecular weight is 439 g/mol. The molecule has 170 valence electrons. The molecular formula is C26H30O6. The van der Waals surface area contributed by atoms with Crippen molar-refractivity contribution in [3.63, 3.8) is 0 Å². The predicted molar refractivity (Wildman–Crippen MR) is 124 cm³/mol. The van der Waals surface area contributed by atoms with Gasteiger partial charge in [-0.15, -0.1) is 0 Å². The van der Waals surface area contributed by atoms with Crippen molar-refractivity contribution in [1.82, 2.24) is 0 Å². The number of hydrogen-bond donors (Lipinski definition) is 0. The highest BCUT2D eigenvalue weighted by Crippen LogP contribution is 2.44. The maximum Gasteiger partial charge on any atom is 0.309 e. The van der Waals surface area contributed by atoms with Gasteiger partial charge < -0.3 is 18.9 Å². The molecule has 6 heteroatoms. The molecule has 0 aliphatic carbocycles. The molecule has 0 saturated heterocycles. The molecular weight excluding hydrogens is 408 g/mol. The molecule has 0 fully saturated rings. The quantitative estimate of drug-likeness (QED) is 0.337. The second-order valence-electron chi connectivity index (χ2n) is 7.85. The van der Waals surface area contributed by atoms with Gasteiger partial charge in [0.05, 0.1) is 27.1 Å². The maximum absolute atomic E-state index is 11.8. The smallest absolute Gasteiger partial charge is 0.309 e. The lowest BCUT2D eigenvalue weighted by Gasteiger charge is -2.22. The molecule has 0 N–H and O–H groups in total. The highest BCUT2D eigenvalue weighted by Gasteiger charge is 2.21. The van der Waals surface area contributed by atoms with Gasteiger partial charge in [0, 0.05) is 21.5 Å². The highest BCUT2D eigenvalue weighted by molar-refractivity contribution is 6.11. The van der Waals surface area contributed by atoms with Gasteiger partial charge >= 0.3 is 11.9 Å². The van der Waals surface area contributed by atoms with Crippen molar-refractivity contribution < 1.29 is 28.5 Å². The second-order valence-corrected chi connectivity index (χ2v) is 7.85. The van der Waals surface area contributed by atoms with Crippen molar-refractivity contribution in [3.8, 4) is 11.5 Å². The van der Waals surface area contributed by atoms with Gasteiger partial charge in [0.1, 0.15) is 23.7 Å². The lowest BCUT2D eigenvalue weighted by Crippen LogP contribution is -2.19. The molecule has 0 amide bonds. The van der Waals surface area contributed by atoms with E-state index in [-0.39, 0.29) is 37.0 Å². The van der Waals surface area contributed by atoms with E-state index < -0.39 is 0 Å². The SMILES string of the molecule is CCc1ccc2c(OC(C)CC(=O)OC)c3ccccc3c(OC(C)CC(=O)OC)c2c1. The van der Waals surface area contributed by atoms with E-state index in [1.54, 1.807) is 0 Å². The molecule has 3 rings (SSSR count). The molecule has 0 aliphatic rings. The zero-order chi connectivity index (χ0) is 23.3. The normalized spacial score (nSPS) is 12.9. The van der Waals surface area contributed by atoms with Gasteiger partial charge in [-0.05, 0) is 31.9 Å². The van der Waals surface area contributed by atoms with E-state index in [9.17, 15) is 9.59 Å². The summed E-state index contributed by atoms with van der Waals surface area (Å²) in [7, 11) is 2.74. The van der Waals surface area contributed by atoms with Gasteiger partial charge in [-0.2, -0.15) is 0 Å². The van der Waals surface area contributed by atoms with Crippen molar-refractivity contribution in [2.24, 2.45) is 0 Å². The molecule has 0 saturated carbocycles. The van der Waals surface area contributed by atoms with E-state index in [1.165, 1.54) is 14.2 Å². The van der Waals surface area contributed by atoms with E-state index in [0.29, 0.717) is 11.5 Å². The standard InChI is InChI=1S/C26H30O6/c1-6-18-11-12-21-22(15-18)26(32-17(3)14-24(28)30-5)20-10-8-7-9-19(20)25(21)31-16(2)13-23(27)29-4/h7-12,15-17H,6,13-14H2,1-5H3. The van der Waals surface area contributed by atoms with Crippen LogP contribution in [0.15, 0.2) is 42.5 Å². The summed E-state index contributed by atoms with van der Waals surface area (Å²) in [6.07, 6.45) is 0.422. The van der Waals surface area contributed by atoms with Crippen LogP contribution in [0.5, 0.6) is 11.5 Å². The number of rotatable bonds is 9. The Morgan fingerprint density at radius 2 is 1.22 bits per heavy atom. The van der Waals surface area contributed by atoms with Crippen molar-refractivity contribution in [3.05, 3.63) is 48.0 Å². The lowest BCUT2D eigenvalue weighted by molar-refractivity contribution is -0.143. The Labute approximate surface area is 188 Å². The van der Waals surface area contributed by atoms with Gasteiger partial charge in [0.25, 0.3) is 0 Å². The summed E-state index contributed by atoms with van der Waals surface area (Å²) in [5.74, 6) is 0.755. The van der Waals surface area contributed by atoms with Gasteiger partial charge in [0.2, 0.25) is 0 Å². The molecule has 3 aromatic carbocycles. The van der Waals surface area contributed by atoms with Crippen LogP contribution in [-0.2, 0) is 25.5 Å². The first kappa shape index (κ1) is 23.4. The number of hydrogen-bond acceptors (Lipinski definition) is 6. The van der Waals surface area contributed by atoms with Gasteiger partial charge in [-0.25, -0.2) is 0 Å². The van der Waals surface area contributed by atoms with Crippen LogP contribution < -0.4 is 9.47 Å². The van der Waals surface area contributed by atoms with Crippen LogP contribution in [-0.4, -0.2) is 38.4 Å². The highest BCUT2D eigenvalue weighted by atomic mass is 16.5. The number of methoxy groups -OCH3 is 2. The van der Waals surface area contributed by atoms with Crippen LogP contribution in [0.3, 0.4) is 0 Å². The summed E-state index contributed by atoms with van der Waals surface area (Å²) in [6.45, 7) is 5.79. The van der Waals surface area contributed by atoms with E-state index in [2.05, 4.69) is 19.1 Å². The molecule has 32 heavy (non-hydrogen) atoms. The number of benzene rings is 3. The molecule has 6 nitrogen and oxygen atoms in total. The summed E-state index contributed by atoms with van der Waals surface area (Å²) in [5.41, 5.74) is 1.16. The topological polar surface area (TPSA) is 71.1 Å². The van der Waals surface area contributed by atoms with Gasteiger partial charge in [0.15, 0.2) is 0 Å². The molecule has 0 aromatic heterocycles. The first-order valence-electron chi connectivity index (χ1n) is 10.8. The molecule has 0 aliphatic heterocycles. The van der Waals surface area contributed by atoms with Crippen molar-refractivity contribution >= 4 is 33.5 Å². The molecule has 0 heterocycles. The van der Waals surface area contributed by atoms with Crippen LogP contribution in [0.2, 0.25) is 0 Å². The van der Waals surface area contributed by atoms with E-state index in [0.717, 1.165) is 33.5 Å². The summed E-state index contributed by atoms with van der Waals surface area (Å²) in [6, 6.07) is 14.0. The maximum atomic E-state index is 11.8. The fourth-order valence-electron chi connectivity index (χ4n) is 3.74. The molecule has 0 bridgehead atoms. The Bertz CT molecular complexity index is 1120. The van der Waals surface area contributed by atoms with E-state index in [1.807, 2.05) is 44.2 Å². The molecule has 3 aromatic rings. The minimum absolute atomic E-state index is 0.147. The number of esters is 2. The third-order valence-corrected chi connectivity index (χ3v) is 5.40. The Balaban J connectivity index is 2.18. The predicted octanol–water partition coefficient (Wildman–Crippen LogP) is 5.22. The van der Waals surface area contributed by atoms with Crippen LogP contribution in [0.25, 0.3) is 21.5 Å². The van der Waals surface area contributed by atoms with Crippen molar-refractivity contribution in [2.45, 2.75) is 52.2 Å². The minimum Gasteiger partial charge on any atom is -0.489 e. The van der Waals surface area contributed by atoms with E-state index in [4.69, 9.17) is 18.9 Å². The van der Waals surface area contributed by atoms with Crippen molar-refractivity contribution in [1.29, 1.82) is 0 Å². The Morgan fingerprint density at radius 1 is 0.750 bits per heavy atom. The fourth-order valence-corrected chi connectivity index (χ4v) is 3.74. The molecule has 2 unspecified atom stereocenters. The summed E-state index contributed by atoms with van der Waals surface area (Å²) in [4.78, 5) is 23.5. The Hall–Kier alpha value is -3.28. The van der Waals surface area contributed by atoms with Crippen molar-refractivity contribution in [2.75, 3.05) is 14.2 Å². The van der Waals surface area contributed by atoms with Crippen LogP contribution in [0.4, 0.5) is 0 Å². The van der Waals surface area contributed by atoms with Gasteiger partial charge in [-0.3, -0.25) is 9.59 Å². The third kappa shape index (κ3) is 5.13. The van der Waals surface area contributed by atoms with E-state index >= 15 is 0 Å². The Kier molecular flexibility index (Phi) is 7.57. The van der Waals surface area contributed by atoms with Gasteiger partial charge in [-0.1, -0.05) is 43.3 Å². The molecule has 0 spiro atoms. The first-order valence-corrected chi connectivity index (χ1v) is 10.8. The number of carbonyl (C=O) groups excluding carboxylic acids is 2. The van der Waals surface area contributed by atoms with Crippen LogP contribution in [0, 0.1) is 0 Å². The summed E-state index contributed by atoms with van der Waals surface area (Å²) >= 11 is 0. The molecule has 0 radical (unpaired) electrons. The zero-order valence-corrected chi connectivity index (χ0v) is 19.3. The largest absolute Gasteiger partial charge is 0.489 e. The molecule has 2 atom stereocenters. The lowest BCUT2D eigenvalue weighted by atomic mass is 9.98. The van der Waals surface area contributed by atoms with Crippen LogP contribution in [0.1, 0.15) is 39.2 Å².